The first kappa shape index (κ1) is 15.5. The third kappa shape index (κ3) is 2.18. The number of ether oxygens (including phenoxy) is 1. The molecule has 6 nitrogen and oxygen atoms in total. The number of hydrogen-bond acceptors (Lipinski definition) is 5. The molecular formula is C19H21N5O. The molecule has 1 atom stereocenters. The van der Waals surface area contributed by atoms with Gasteiger partial charge in [0.05, 0.1) is 18.3 Å². The number of fused-ring (bicyclic) bond motifs is 3. The van der Waals surface area contributed by atoms with Crippen LogP contribution in [0.15, 0.2) is 47.6 Å². The van der Waals surface area contributed by atoms with Gasteiger partial charge in [-0.1, -0.05) is 18.2 Å². The molecule has 128 valence electrons. The van der Waals surface area contributed by atoms with E-state index in [2.05, 4.69) is 27.8 Å². The molecule has 6 heteroatoms. The summed E-state index contributed by atoms with van der Waals surface area (Å²) >= 11 is 0. The highest BCUT2D eigenvalue weighted by Crippen LogP contribution is 2.44. The van der Waals surface area contributed by atoms with Crippen LogP contribution < -0.4 is 16.2 Å². The number of aliphatic imine (C=N–C) groups is 1. The summed E-state index contributed by atoms with van der Waals surface area (Å²) in [4.78, 5) is 6.36. The monoisotopic (exact) mass is 335 g/mol. The average Bonchev–Trinajstić information content (AvgIpc) is 3.00. The van der Waals surface area contributed by atoms with Crippen molar-refractivity contribution in [3.05, 3.63) is 48.2 Å². The van der Waals surface area contributed by atoms with Crippen LogP contribution in [0.3, 0.4) is 0 Å². The highest BCUT2D eigenvalue weighted by Gasteiger charge is 2.27. The van der Waals surface area contributed by atoms with Crippen molar-refractivity contribution in [3.63, 3.8) is 0 Å². The van der Waals surface area contributed by atoms with E-state index in [1.54, 1.807) is 12.0 Å². The van der Waals surface area contributed by atoms with E-state index in [1.165, 1.54) is 0 Å². The lowest BCUT2D eigenvalue weighted by Gasteiger charge is -2.32. The maximum absolute atomic E-state index is 6.43. The number of guanidine groups is 1. The maximum atomic E-state index is 6.43. The Bertz CT molecular complexity index is 1000. The molecule has 1 aliphatic heterocycles. The molecule has 25 heavy (non-hydrogen) atoms. The van der Waals surface area contributed by atoms with E-state index >= 15 is 0 Å². The van der Waals surface area contributed by atoms with Crippen molar-refractivity contribution in [2.24, 2.45) is 23.5 Å². The molecule has 3 aromatic rings. The van der Waals surface area contributed by atoms with Gasteiger partial charge in [0.25, 0.3) is 0 Å². The second-order valence-corrected chi connectivity index (χ2v) is 6.27. The van der Waals surface area contributed by atoms with Gasteiger partial charge in [0.15, 0.2) is 5.96 Å². The third-order valence-electron chi connectivity index (χ3n) is 4.88. The van der Waals surface area contributed by atoms with E-state index in [0.29, 0.717) is 5.96 Å². The molecule has 0 radical (unpaired) electrons. The van der Waals surface area contributed by atoms with Crippen LogP contribution >= 0.6 is 0 Å². The highest BCUT2D eigenvalue weighted by atomic mass is 16.5. The number of aryl methyl sites for hydroxylation is 1. The Morgan fingerprint density at radius 1 is 1.12 bits per heavy atom. The predicted molar refractivity (Wildman–Crippen MR) is 101 cm³/mol. The zero-order valence-corrected chi connectivity index (χ0v) is 14.5. The van der Waals surface area contributed by atoms with Crippen molar-refractivity contribution < 1.29 is 4.74 Å². The summed E-state index contributed by atoms with van der Waals surface area (Å²) in [6.45, 7) is 0. The number of hydrogen-bond donors (Lipinski definition) is 2. The van der Waals surface area contributed by atoms with Crippen LogP contribution in [-0.4, -0.2) is 29.6 Å². The molecule has 0 bridgehead atoms. The Labute approximate surface area is 146 Å². The fourth-order valence-electron chi connectivity index (χ4n) is 3.52. The van der Waals surface area contributed by atoms with Crippen molar-refractivity contribution in [2.45, 2.75) is 6.17 Å². The predicted octanol–water partition coefficient (Wildman–Crippen LogP) is 2.70. The number of nitrogens with two attached hydrogens (primary N) is 2. The summed E-state index contributed by atoms with van der Waals surface area (Å²) in [6, 6.07) is 12.1. The highest BCUT2D eigenvalue weighted by molar-refractivity contribution is 6.03. The van der Waals surface area contributed by atoms with Crippen LogP contribution in [0, 0.1) is 0 Å². The number of methoxy groups -OCH3 is 1. The molecule has 2 heterocycles. The maximum Gasteiger partial charge on any atom is 0.197 e. The molecule has 0 saturated heterocycles. The minimum atomic E-state index is -0.330. The molecule has 1 aliphatic rings. The molecule has 4 N–H and O–H groups in total. The van der Waals surface area contributed by atoms with Crippen LogP contribution in [0.25, 0.3) is 22.0 Å². The lowest BCUT2D eigenvalue weighted by molar-refractivity contribution is 0.378. The zero-order valence-electron chi connectivity index (χ0n) is 14.5. The number of rotatable bonds is 2. The molecule has 0 aliphatic carbocycles. The van der Waals surface area contributed by atoms with Crippen molar-refractivity contribution in [1.29, 1.82) is 0 Å². The third-order valence-corrected chi connectivity index (χ3v) is 4.88. The molecule has 4 rings (SSSR count). The van der Waals surface area contributed by atoms with E-state index in [9.17, 15) is 0 Å². The van der Waals surface area contributed by atoms with Gasteiger partial charge in [0, 0.05) is 42.4 Å². The summed E-state index contributed by atoms with van der Waals surface area (Å²) in [5.41, 5.74) is 17.4. The topological polar surface area (TPSA) is 81.8 Å². The molecule has 0 amide bonds. The van der Waals surface area contributed by atoms with Crippen LogP contribution in [0.5, 0.6) is 5.75 Å². The molecule has 0 fully saturated rings. The molecule has 0 spiro atoms. The number of benzene rings is 2. The first-order valence-electron chi connectivity index (χ1n) is 8.11. The van der Waals surface area contributed by atoms with Gasteiger partial charge < -0.3 is 25.7 Å². The van der Waals surface area contributed by atoms with Gasteiger partial charge in [0.2, 0.25) is 0 Å². The minimum absolute atomic E-state index is 0.330. The standard InChI is InChI=1S/C19H21N5O/c1-23-9-8-12-16-14(22-19(21)24(2)18(16)20)10-13(17(12)23)11-6-4-5-7-15(11)25-3/h4-10,18H,20H2,1-3H3,(H2,21,22). The Morgan fingerprint density at radius 2 is 1.88 bits per heavy atom. The van der Waals surface area contributed by atoms with Gasteiger partial charge in [-0.05, 0) is 18.2 Å². The van der Waals surface area contributed by atoms with Gasteiger partial charge in [-0.3, -0.25) is 0 Å². The fourth-order valence-corrected chi connectivity index (χ4v) is 3.52. The first-order chi connectivity index (χ1) is 12.0. The van der Waals surface area contributed by atoms with E-state index in [1.807, 2.05) is 38.5 Å². The average molecular weight is 335 g/mol. The minimum Gasteiger partial charge on any atom is -0.496 e. The fraction of sp³-hybridized carbons (Fsp3) is 0.211. The van der Waals surface area contributed by atoms with Crippen molar-refractivity contribution in [3.8, 4) is 16.9 Å². The van der Waals surface area contributed by atoms with Crippen LogP contribution in [0.4, 0.5) is 5.69 Å². The lowest BCUT2D eigenvalue weighted by Crippen LogP contribution is -2.42. The summed E-state index contributed by atoms with van der Waals surface area (Å²) in [5.74, 6) is 1.24. The van der Waals surface area contributed by atoms with Gasteiger partial charge in [-0.15, -0.1) is 0 Å². The Kier molecular flexibility index (Phi) is 3.43. The molecule has 0 saturated carbocycles. The van der Waals surface area contributed by atoms with E-state index in [0.717, 1.165) is 39.0 Å². The van der Waals surface area contributed by atoms with Gasteiger partial charge in [-0.25, -0.2) is 4.99 Å². The van der Waals surface area contributed by atoms with Crippen LogP contribution in [0.2, 0.25) is 0 Å². The van der Waals surface area contributed by atoms with E-state index in [-0.39, 0.29) is 6.17 Å². The van der Waals surface area contributed by atoms with E-state index in [4.69, 9.17) is 16.2 Å². The van der Waals surface area contributed by atoms with E-state index < -0.39 is 0 Å². The Hall–Kier alpha value is -2.99. The molecule has 2 aromatic carbocycles. The summed E-state index contributed by atoms with van der Waals surface area (Å²) in [5, 5.41) is 1.08. The smallest absolute Gasteiger partial charge is 0.197 e. The van der Waals surface area contributed by atoms with Crippen molar-refractivity contribution >= 4 is 22.5 Å². The summed E-state index contributed by atoms with van der Waals surface area (Å²) in [7, 11) is 5.57. The van der Waals surface area contributed by atoms with Gasteiger partial charge >= 0.3 is 0 Å². The number of nitrogens with zero attached hydrogens (tertiary/aromatic N) is 3. The molecule has 1 aromatic heterocycles. The Morgan fingerprint density at radius 3 is 2.64 bits per heavy atom. The largest absolute Gasteiger partial charge is 0.496 e. The quantitative estimate of drug-likeness (QED) is 0.754. The second-order valence-electron chi connectivity index (χ2n) is 6.27. The molecular weight excluding hydrogens is 314 g/mol. The van der Waals surface area contributed by atoms with Crippen molar-refractivity contribution in [1.82, 2.24) is 9.47 Å². The van der Waals surface area contributed by atoms with Gasteiger partial charge in [0.1, 0.15) is 11.9 Å². The zero-order chi connectivity index (χ0) is 17.7. The van der Waals surface area contributed by atoms with Crippen LogP contribution in [-0.2, 0) is 7.05 Å². The van der Waals surface area contributed by atoms with Crippen molar-refractivity contribution in [2.75, 3.05) is 14.2 Å². The lowest BCUT2D eigenvalue weighted by atomic mass is 9.95. The summed E-state index contributed by atoms with van der Waals surface area (Å²) in [6.07, 6.45) is 1.71. The van der Waals surface area contributed by atoms with Crippen LogP contribution in [0.1, 0.15) is 11.7 Å². The van der Waals surface area contributed by atoms with Gasteiger partial charge in [-0.2, -0.15) is 0 Å². The second kappa shape index (κ2) is 5.53. The first-order valence-corrected chi connectivity index (χ1v) is 8.11. The normalized spacial score (nSPS) is 16.7. The summed E-state index contributed by atoms with van der Waals surface area (Å²) < 4.78 is 7.67. The Balaban J connectivity index is 2.11. The molecule has 1 unspecified atom stereocenters. The SMILES string of the molecule is COc1ccccc1-c1cc2c(c3ccn(C)c13)C(N)N(C)C(N)=N2. The number of para-hydroxylation sites is 1. The number of aromatic nitrogens is 1.